The number of sulfonamides is 1. The van der Waals surface area contributed by atoms with E-state index in [-0.39, 0.29) is 16.8 Å². The normalized spacial score (nSPS) is 16.8. The van der Waals surface area contributed by atoms with Crippen molar-refractivity contribution < 1.29 is 22.4 Å². The van der Waals surface area contributed by atoms with Gasteiger partial charge in [0.2, 0.25) is 15.9 Å². The molecule has 1 aromatic heterocycles. The molecule has 1 saturated heterocycles. The number of nitrogens with zero attached hydrogens (tertiary/aromatic N) is 2. The molecule has 0 radical (unpaired) electrons. The fraction of sp³-hybridized carbons (Fsp3) is 0.421. The molecule has 1 aromatic carbocycles. The first-order valence-electron chi connectivity index (χ1n) is 9.09. The Morgan fingerprint density at radius 3 is 2.50 bits per heavy atom. The molecular formula is C19H25N3O5S. The molecule has 2 aromatic rings. The second kappa shape index (κ2) is 8.87. The summed E-state index contributed by atoms with van der Waals surface area (Å²) in [6.45, 7) is 3.81. The first-order valence-corrected chi connectivity index (χ1v) is 10.5. The highest BCUT2D eigenvalue weighted by atomic mass is 32.2. The molecule has 1 N–H and O–H groups in total. The Morgan fingerprint density at radius 2 is 1.89 bits per heavy atom. The number of carbonyl (C=O) groups is 1. The lowest BCUT2D eigenvalue weighted by Crippen LogP contribution is -2.40. The van der Waals surface area contributed by atoms with Crippen molar-refractivity contribution >= 4 is 21.6 Å². The summed E-state index contributed by atoms with van der Waals surface area (Å²) in [6, 6.07) is 9.50. The largest absolute Gasteiger partial charge is 0.468 e. The zero-order chi connectivity index (χ0) is 20.1. The highest BCUT2D eigenvalue weighted by Crippen LogP contribution is 2.20. The number of hydrogen-bond acceptors (Lipinski definition) is 6. The SMILES string of the molecule is C[C@H](C(=O)Nc1ccc(S(=O)(=O)N2CCOCC2)cc1)N(C)Cc1ccco1. The molecule has 8 nitrogen and oxygen atoms in total. The lowest BCUT2D eigenvalue weighted by Gasteiger charge is -2.26. The number of furan rings is 1. The number of carbonyl (C=O) groups excluding carboxylic acids is 1. The number of benzene rings is 1. The van der Waals surface area contributed by atoms with Gasteiger partial charge in [-0.25, -0.2) is 8.42 Å². The van der Waals surface area contributed by atoms with Gasteiger partial charge in [-0.1, -0.05) is 0 Å². The standard InChI is InChI=1S/C19H25N3O5S/c1-15(21(2)14-17-4-3-11-27-17)19(23)20-16-5-7-18(8-6-16)28(24,25)22-9-12-26-13-10-22/h3-8,11,15H,9-10,12-14H2,1-2H3,(H,20,23)/t15-/m1/s1. The summed E-state index contributed by atoms with van der Waals surface area (Å²) in [7, 11) is -1.71. The average Bonchev–Trinajstić information content (AvgIpc) is 3.21. The molecule has 28 heavy (non-hydrogen) atoms. The van der Waals surface area contributed by atoms with Gasteiger partial charge in [0.05, 0.1) is 37.0 Å². The molecule has 2 heterocycles. The van der Waals surface area contributed by atoms with Crippen LogP contribution in [0.4, 0.5) is 5.69 Å². The van der Waals surface area contributed by atoms with E-state index >= 15 is 0 Å². The molecule has 0 bridgehead atoms. The molecule has 1 aliphatic heterocycles. The van der Waals surface area contributed by atoms with Gasteiger partial charge in [0.25, 0.3) is 0 Å². The van der Waals surface area contributed by atoms with Crippen molar-refractivity contribution in [2.24, 2.45) is 0 Å². The summed E-state index contributed by atoms with van der Waals surface area (Å²) >= 11 is 0. The van der Waals surface area contributed by atoms with E-state index in [2.05, 4.69) is 5.32 Å². The minimum Gasteiger partial charge on any atom is -0.468 e. The molecule has 1 fully saturated rings. The van der Waals surface area contributed by atoms with Crippen LogP contribution in [0.5, 0.6) is 0 Å². The molecule has 1 aliphatic rings. The minimum atomic E-state index is -3.54. The maximum absolute atomic E-state index is 12.6. The van der Waals surface area contributed by atoms with Crippen molar-refractivity contribution in [3.63, 3.8) is 0 Å². The highest BCUT2D eigenvalue weighted by Gasteiger charge is 2.26. The monoisotopic (exact) mass is 407 g/mol. The van der Waals surface area contributed by atoms with Crippen LogP contribution in [0.3, 0.4) is 0 Å². The van der Waals surface area contributed by atoms with Gasteiger partial charge in [-0.15, -0.1) is 0 Å². The minimum absolute atomic E-state index is 0.183. The quantitative estimate of drug-likeness (QED) is 0.752. The Morgan fingerprint density at radius 1 is 1.21 bits per heavy atom. The van der Waals surface area contributed by atoms with Gasteiger partial charge in [-0.3, -0.25) is 9.69 Å². The van der Waals surface area contributed by atoms with E-state index in [4.69, 9.17) is 9.15 Å². The predicted molar refractivity (Wildman–Crippen MR) is 104 cm³/mol. The maximum atomic E-state index is 12.6. The predicted octanol–water partition coefficient (Wildman–Crippen LogP) is 1.76. The van der Waals surface area contributed by atoms with E-state index in [0.717, 1.165) is 5.76 Å². The number of amides is 1. The smallest absolute Gasteiger partial charge is 0.243 e. The lowest BCUT2D eigenvalue weighted by atomic mass is 10.2. The van der Waals surface area contributed by atoms with Crippen LogP contribution >= 0.6 is 0 Å². The number of nitrogens with one attached hydrogen (secondary N) is 1. The molecule has 9 heteroatoms. The van der Waals surface area contributed by atoms with E-state index in [1.54, 1.807) is 31.4 Å². The third-order valence-electron chi connectivity index (χ3n) is 4.76. The highest BCUT2D eigenvalue weighted by molar-refractivity contribution is 7.89. The second-order valence-corrected chi connectivity index (χ2v) is 8.64. The maximum Gasteiger partial charge on any atom is 0.243 e. The van der Waals surface area contributed by atoms with Crippen molar-refractivity contribution in [2.45, 2.75) is 24.4 Å². The number of anilines is 1. The second-order valence-electron chi connectivity index (χ2n) is 6.70. The molecule has 1 amide bonds. The fourth-order valence-electron chi connectivity index (χ4n) is 2.88. The molecule has 0 aliphatic carbocycles. The molecule has 3 rings (SSSR count). The molecule has 0 spiro atoms. The summed E-state index contributed by atoms with van der Waals surface area (Å²) in [5.74, 6) is 0.595. The van der Waals surface area contributed by atoms with Crippen LogP contribution < -0.4 is 5.32 Å². The Kier molecular flexibility index (Phi) is 6.50. The Labute approximate surface area is 165 Å². The summed E-state index contributed by atoms with van der Waals surface area (Å²) in [5, 5.41) is 2.82. The Bertz CT molecular complexity index is 875. The van der Waals surface area contributed by atoms with Crippen LogP contribution in [0.1, 0.15) is 12.7 Å². The van der Waals surface area contributed by atoms with E-state index < -0.39 is 10.0 Å². The number of ether oxygens (including phenoxy) is 1. The fourth-order valence-corrected chi connectivity index (χ4v) is 4.29. The van der Waals surface area contributed by atoms with Gasteiger partial charge in [0.15, 0.2) is 0 Å². The van der Waals surface area contributed by atoms with E-state index in [0.29, 0.717) is 38.5 Å². The summed E-state index contributed by atoms with van der Waals surface area (Å²) in [4.78, 5) is 14.6. The van der Waals surface area contributed by atoms with Crippen LogP contribution in [-0.2, 0) is 26.1 Å². The van der Waals surface area contributed by atoms with Gasteiger partial charge < -0.3 is 14.5 Å². The van der Waals surface area contributed by atoms with Crippen LogP contribution in [0, 0.1) is 0 Å². The van der Waals surface area contributed by atoms with Gasteiger partial charge in [-0.05, 0) is 50.4 Å². The summed E-state index contributed by atoms with van der Waals surface area (Å²) in [6.07, 6.45) is 1.60. The zero-order valence-electron chi connectivity index (χ0n) is 16.0. The van der Waals surface area contributed by atoms with E-state index in [1.807, 2.05) is 18.0 Å². The third-order valence-corrected chi connectivity index (χ3v) is 6.67. The van der Waals surface area contributed by atoms with E-state index in [9.17, 15) is 13.2 Å². The van der Waals surface area contributed by atoms with Crippen molar-refractivity contribution in [1.82, 2.24) is 9.21 Å². The van der Waals surface area contributed by atoms with Gasteiger partial charge in [0, 0.05) is 18.8 Å². The molecular weight excluding hydrogens is 382 g/mol. The molecule has 152 valence electrons. The molecule has 1 atom stereocenters. The van der Waals surface area contributed by atoms with Gasteiger partial charge in [-0.2, -0.15) is 4.31 Å². The van der Waals surface area contributed by atoms with Crippen LogP contribution in [-0.4, -0.2) is 62.9 Å². The van der Waals surface area contributed by atoms with Crippen LogP contribution in [0.15, 0.2) is 52.0 Å². The average molecular weight is 407 g/mol. The Hall–Kier alpha value is -2.20. The first-order chi connectivity index (χ1) is 13.4. The third kappa shape index (κ3) is 4.79. The van der Waals surface area contributed by atoms with Gasteiger partial charge >= 0.3 is 0 Å². The van der Waals surface area contributed by atoms with Crippen molar-refractivity contribution in [1.29, 1.82) is 0 Å². The summed E-state index contributed by atoms with van der Waals surface area (Å²) < 4.78 is 37.2. The lowest BCUT2D eigenvalue weighted by molar-refractivity contribution is -0.120. The number of hydrogen-bond donors (Lipinski definition) is 1. The number of rotatable bonds is 7. The van der Waals surface area contributed by atoms with Crippen molar-refractivity contribution in [3.05, 3.63) is 48.4 Å². The van der Waals surface area contributed by atoms with Crippen molar-refractivity contribution in [2.75, 3.05) is 38.7 Å². The van der Waals surface area contributed by atoms with Crippen LogP contribution in [0.25, 0.3) is 0 Å². The van der Waals surface area contributed by atoms with Gasteiger partial charge in [0.1, 0.15) is 5.76 Å². The number of likely N-dealkylation sites (N-methyl/N-ethyl adjacent to an activating group) is 1. The molecule has 0 unspecified atom stereocenters. The summed E-state index contributed by atoms with van der Waals surface area (Å²) in [5.41, 5.74) is 0.546. The topological polar surface area (TPSA) is 92.1 Å². The number of morpholine rings is 1. The van der Waals surface area contributed by atoms with Crippen LogP contribution in [0.2, 0.25) is 0 Å². The zero-order valence-corrected chi connectivity index (χ0v) is 16.8. The Balaban J connectivity index is 1.61. The van der Waals surface area contributed by atoms with E-state index in [1.165, 1.54) is 16.4 Å². The van der Waals surface area contributed by atoms with Crippen molar-refractivity contribution in [3.8, 4) is 0 Å². The first kappa shape index (κ1) is 20.5. The molecule has 0 saturated carbocycles.